The molecule has 2 N–H and O–H groups in total. The highest BCUT2D eigenvalue weighted by molar-refractivity contribution is 6.30. The smallest absolute Gasteiger partial charge is 0.332 e. The number of ether oxygens (including phenoxy) is 1. The zero-order valence-electron chi connectivity index (χ0n) is 20.4. The van der Waals surface area contributed by atoms with E-state index in [-0.39, 0.29) is 30.3 Å². The number of benzene rings is 2. The molecule has 4 rings (SSSR count). The van der Waals surface area contributed by atoms with Crippen LogP contribution in [0.1, 0.15) is 30.9 Å². The molecule has 0 aliphatic heterocycles. The van der Waals surface area contributed by atoms with Crippen LogP contribution in [0.3, 0.4) is 0 Å². The van der Waals surface area contributed by atoms with Crippen molar-refractivity contribution in [2.75, 3.05) is 13.7 Å². The Bertz CT molecular complexity index is 1460. The molecule has 0 amide bonds. The van der Waals surface area contributed by atoms with Gasteiger partial charge in [0.15, 0.2) is 11.2 Å². The van der Waals surface area contributed by atoms with Crippen molar-refractivity contribution in [2.45, 2.75) is 45.9 Å². The van der Waals surface area contributed by atoms with Crippen LogP contribution in [0.25, 0.3) is 11.2 Å². The van der Waals surface area contributed by atoms with Crippen molar-refractivity contribution in [3.05, 3.63) is 85.5 Å². The Balaban J connectivity index is 1.94. The maximum Gasteiger partial charge on any atom is 0.332 e. The highest BCUT2D eigenvalue weighted by Crippen LogP contribution is 2.26. The maximum absolute atomic E-state index is 13.6. The summed E-state index contributed by atoms with van der Waals surface area (Å²) in [6.45, 7) is 3.30. The third-order valence-electron chi connectivity index (χ3n) is 5.81. The van der Waals surface area contributed by atoms with Crippen LogP contribution in [0, 0.1) is 0 Å². The highest BCUT2D eigenvalue weighted by Gasteiger charge is 2.23. The molecule has 0 saturated heterocycles. The summed E-state index contributed by atoms with van der Waals surface area (Å²) in [5, 5.41) is 13.0. The molecule has 10 heteroatoms. The van der Waals surface area contributed by atoms with Crippen molar-refractivity contribution in [3.8, 4) is 11.8 Å². The van der Waals surface area contributed by atoms with Crippen LogP contribution >= 0.6 is 11.6 Å². The molecular weight excluding hydrogens is 482 g/mol. The fraction of sp³-hybridized carbons (Fsp3) is 0.346. The second kappa shape index (κ2) is 11.6. The number of nitrogens with zero attached hydrogens (tertiary/aromatic N) is 4. The Hall–Kier alpha value is -3.40. The van der Waals surface area contributed by atoms with Crippen molar-refractivity contribution < 1.29 is 9.84 Å². The number of nitrogens with one attached hydrogen (secondary N) is 1. The Morgan fingerprint density at radius 3 is 2.50 bits per heavy atom. The molecule has 0 radical (unpaired) electrons. The van der Waals surface area contributed by atoms with E-state index in [4.69, 9.17) is 16.3 Å². The van der Waals surface area contributed by atoms with Crippen LogP contribution in [0.4, 0.5) is 0 Å². The molecule has 2 aromatic heterocycles. The first kappa shape index (κ1) is 25.7. The van der Waals surface area contributed by atoms with Gasteiger partial charge in [0.1, 0.15) is 5.75 Å². The summed E-state index contributed by atoms with van der Waals surface area (Å²) in [4.78, 5) is 31.5. The summed E-state index contributed by atoms with van der Waals surface area (Å²) < 4.78 is 10.6. The topological polar surface area (TPSA) is 103 Å². The lowest BCUT2D eigenvalue weighted by atomic mass is 10.2. The summed E-state index contributed by atoms with van der Waals surface area (Å²) in [5.74, 6) is 0.570. The number of fused-ring (bicyclic) bond motifs is 1. The molecule has 0 fully saturated rings. The molecule has 0 atom stereocenters. The van der Waals surface area contributed by atoms with Crippen molar-refractivity contribution in [1.82, 2.24) is 24.0 Å². The molecule has 0 saturated carbocycles. The Morgan fingerprint density at radius 2 is 1.81 bits per heavy atom. The van der Waals surface area contributed by atoms with Crippen molar-refractivity contribution >= 4 is 22.8 Å². The number of imidazole rings is 1. The standard InChI is InChI=1S/C26H30ClN5O4/c1-3-12-30-23-22(24(34)31(26(30)35)13-5-14-33)32(17-18-8-10-20(27)11-9-18)25(29-23)36-21-7-4-6-19(15-21)16-28-2/h4,6-11,15,28,33H,3,5,12-14,16-17H2,1-2H3. The van der Waals surface area contributed by atoms with Crippen molar-refractivity contribution in [2.24, 2.45) is 0 Å². The predicted octanol–water partition coefficient (Wildman–Crippen LogP) is 3.37. The van der Waals surface area contributed by atoms with E-state index in [1.165, 1.54) is 9.13 Å². The van der Waals surface area contributed by atoms with Crippen LogP contribution in [0.2, 0.25) is 5.02 Å². The van der Waals surface area contributed by atoms with E-state index in [1.807, 2.05) is 50.4 Å². The number of halogens is 1. The van der Waals surface area contributed by atoms with E-state index in [0.29, 0.717) is 43.2 Å². The SMILES string of the molecule is CCCn1c(=O)n(CCCO)c(=O)c2c1nc(Oc1cccc(CNC)c1)n2Cc1ccc(Cl)cc1. The average Bonchev–Trinajstić information content (AvgIpc) is 3.21. The van der Waals surface area contributed by atoms with E-state index < -0.39 is 11.2 Å². The van der Waals surface area contributed by atoms with Gasteiger partial charge in [-0.15, -0.1) is 0 Å². The Kier molecular flexibility index (Phi) is 8.25. The van der Waals surface area contributed by atoms with Crippen LogP contribution in [-0.4, -0.2) is 37.4 Å². The van der Waals surface area contributed by atoms with Gasteiger partial charge in [0.25, 0.3) is 5.56 Å². The lowest BCUT2D eigenvalue weighted by Gasteiger charge is -2.13. The van der Waals surface area contributed by atoms with Crippen LogP contribution < -0.4 is 21.3 Å². The summed E-state index contributed by atoms with van der Waals surface area (Å²) >= 11 is 6.07. The predicted molar refractivity (Wildman–Crippen MR) is 140 cm³/mol. The second-order valence-electron chi connectivity index (χ2n) is 8.53. The molecule has 190 valence electrons. The van der Waals surface area contributed by atoms with Gasteiger partial charge in [-0.05, 0) is 55.3 Å². The number of aromatic nitrogens is 4. The maximum atomic E-state index is 13.6. The Morgan fingerprint density at radius 1 is 1.03 bits per heavy atom. The van der Waals surface area contributed by atoms with Crippen LogP contribution in [0.15, 0.2) is 58.1 Å². The first-order valence-electron chi connectivity index (χ1n) is 12.0. The third kappa shape index (κ3) is 5.38. The summed E-state index contributed by atoms with van der Waals surface area (Å²) in [7, 11) is 1.87. The largest absolute Gasteiger partial charge is 0.425 e. The monoisotopic (exact) mass is 511 g/mol. The lowest BCUT2D eigenvalue weighted by molar-refractivity contribution is 0.277. The van der Waals surface area contributed by atoms with E-state index >= 15 is 0 Å². The molecule has 2 heterocycles. The summed E-state index contributed by atoms with van der Waals surface area (Å²) in [6.07, 6.45) is 0.971. The summed E-state index contributed by atoms with van der Waals surface area (Å²) in [6, 6.07) is 15.1. The minimum atomic E-state index is -0.462. The van der Waals surface area contributed by atoms with E-state index in [0.717, 1.165) is 11.1 Å². The first-order valence-corrected chi connectivity index (χ1v) is 12.3. The molecule has 0 bridgehead atoms. The number of aryl methyl sites for hydroxylation is 1. The minimum absolute atomic E-state index is 0.113. The van der Waals surface area contributed by atoms with Crippen LogP contribution in [0.5, 0.6) is 11.8 Å². The van der Waals surface area contributed by atoms with Crippen LogP contribution in [-0.2, 0) is 26.2 Å². The molecule has 36 heavy (non-hydrogen) atoms. The van der Waals surface area contributed by atoms with Gasteiger partial charge in [-0.2, -0.15) is 4.98 Å². The number of aliphatic hydroxyl groups excluding tert-OH is 1. The number of aliphatic hydroxyl groups is 1. The molecule has 0 spiro atoms. The van der Waals surface area contributed by atoms with Gasteiger partial charge in [-0.25, -0.2) is 4.79 Å². The second-order valence-corrected chi connectivity index (χ2v) is 8.96. The van der Waals surface area contributed by atoms with E-state index in [9.17, 15) is 14.7 Å². The van der Waals surface area contributed by atoms with Gasteiger partial charge < -0.3 is 15.2 Å². The zero-order valence-corrected chi connectivity index (χ0v) is 21.2. The molecular formula is C26H30ClN5O4. The summed E-state index contributed by atoms with van der Waals surface area (Å²) in [5.41, 5.74) is 1.57. The number of hydrogen-bond donors (Lipinski definition) is 2. The third-order valence-corrected chi connectivity index (χ3v) is 6.06. The number of rotatable bonds is 11. The Labute approximate surface area is 213 Å². The number of hydrogen-bond acceptors (Lipinski definition) is 6. The first-order chi connectivity index (χ1) is 17.5. The molecule has 0 unspecified atom stereocenters. The van der Waals surface area contributed by atoms with Crippen molar-refractivity contribution in [3.63, 3.8) is 0 Å². The van der Waals surface area contributed by atoms with Crippen molar-refractivity contribution in [1.29, 1.82) is 0 Å². The normalized spacial score (nSPS) is 11.3. The minimum Gasteiger partial charge on any atom is -0.425 e. The van der Waals surface area contributed by atoms with E-state index in [2.05, 4.69) is 10.3 Å². The zero-order chi connectivity index (χ0) is 25.7. The van der Waals surface area contributed by atoms with E-state index in [1.54, 1.807) is 16.7 Å². The molecule has 0 aliphatic rings. The van der Waals surface area contributed by atoms with Gasteiger partial charge in [-0.1, -0.05) is 42.8 Å². The molecule has 4 aromatic rings. The fourth-order valence-corrected chi connectivity index (χ4v) is 4.27. The fourth-order valence-electron chi connectivity index (χ4n) is 4.15. The molecule has 0 aliphatic carbocycles. The average molecular weight is 512 g/mol. The highest BCUT2D eigenvalue weighted by atomic mass is 35.5. The molecule has 9 nitrogen and oxygen atoms in total. The quantitative estimate of drug-likeness (QED) is 0.320. The lowest BCUT2D eigenvalue weighted by Crippen LogP contribution is -2.41. The van der Waals surface area contributed by atoms with Gasteiger partial charge in [-0.3, -0.25) is 18.5 Å². The van der Waals surface area contributed by atoms with Gasteiger partial charge in [0.2, 0.25) is 0 Å². The molecule has 2 aromatic carbocycles. The van der Waals surface area contributed by atoms with Gasteiger partial charge >= 0.3 is 11.7 Å². The van der Waals surface area contributed by atoms with Gasteiger partial charge in [0, 0.05) is 31.3 Å². The van der Waals surface area contributed by atoms with Gasteiger partial charge in [0.05, 0.1) is 6.54 Å².